The molecule has 3 rings (SSSR count). The molecule has 0 unspecified atom stereocenters. The minimum Gasteiger partial charge on any atom is -0.292 e. The fourth-order valence-corrected chi connectivity index (χ4v) is 2.27. The SMILES string of the molecule is O=C(Cn1cc(-c2ccc(F)cc2)nn1)c1ccc(Br)cc1. The molecule has 3 aromatic rings. The number of carbonyl (C=O) groups excluding carboxylic acids is 1. The van der Waals surface area contributed by atoms with Gasteiger partial charge in [-0.2, -0.15) is 0 Å². The summed E-state index contributed by atoms with van der Waals surface area (Å²) in [4.78, 5) is 12.2. The average molecular weight is 360 g/mol. The summed E-state index contributed by atoms with van der Waals surface area (Å²) in [5.74, 6) is -0.357. The lowest BCUT2D eigenvalue weighted by Crippen LogP contribution is -2.10. The topological polar surface area (TPSA) is 47.8 Å². The van der Waals surface area contributed by atoms with Gasteiger partial charge in [0.25, 0.3) is 0 Å². The quantitative estimate of drug-likeness (QED) is 0.666. The van der Waals surface area contributed by atoms with Gasteiger partial charge < -0.3 is 0 Å². The van der Waals surface area contributed by atoms with Crippen molar-refractivity contribution in [3.8, 4) is 11.3 Å². The standard InChI is InChI=1S/C16H11BrFN3O/c17-13-5-1-12(2-6-13)16(22)10-21-9-15(19-20-21)11-3-7-14(18)8-4-11/h1-9H,10H2. The number of nitrogens with zero attached hydrogens (tertiary/aromatic N) is 3. The second-order valence-corrected chi connectivity index (χ2v) is 5.65. The van der Waals surface area contributed by atoms with Gasteiger partial charge in [0.05, 0.1) is 6.20 Å². The lowest BCUT2D eigenvalue weighted by Gasteiger charge is -2.01. The Bertz CT molecular complexity index is 797. The number of halogens is 2. The molecule has 0 spiro atoms. The summed E-state index contributed by atoms with van der Waals surface area (Å²) in [7, 11) is 0. The van der Waals surface area contributed by atoms with Gasteiger partial charge in [0.2, 0.25) is 0 Å². The Hall–Kier alpha value is -2.34. The van der Waals surface area contributed by atoms with Crippen molar-refractivity contribution in [2.75, 3.05) is 0 Å². The zero-order chi connectivity index (χ0) is 15.5. The number of carbonyl (C=O) groups is 1. The molecule has 0 saturated heterocycles. The molecule has 1 heterocycles. The van der Waals surface area contributed by atoms with Crippen molar-refractivity contribution in [3.63, 3.8) is 0 Å². The molecular formula is C16H11BrFN3O. The van der Waals surface area contributed by atoms with Gasteiger partial charge in [-0.25, -0.2) is 9.07 Å². The number of benzene rings is 2. The van der Waals surface area contributed by atoms with Crippen LogP contribution in [0.15, 0.2) is 59.2 Å². The van der Waals surface area contributed by atoms with E-state index in [0.717, 1.165) is 10.0 Å². The van der Waals surface area contributed by atoms with E-state index in [1.54, 1.807) is 30.5 Å². The molecule has 0 radical (unpaired) electrons. The molecule has 0 atom stereocenters. The molecular weight excluding hydrogens is 349 g/mol. The summed E-state index contributed by atoms with van der Waals surface area (Å²) >= 11 is 3.33. The number of hydrogen-bond donors (Lipinski definition) is 0. The highest BCUT2D eigenvalue weighted by Gasteiger charge is 2.09. The van der Waals surface area contributed by atoms with E-state index in [-0.39, 0.29) is 18.1 Å². The maximum absolute atomic E-state index is 12.9. The van der Waals surface area contributed by atoms with Crippen molar-refractivity contribution in [1.29, 1.82) is 0 Å². The van der Waals surface area contributed by atoms with Gasteiger partial charge in [-0.05, 0) is 36.4 Å². The number of rotatable bonds is 4. The third-order valence-electron chi connectivity index (χ3n) is 3.15. The predicted molar refractivity (Wildman–Crippen MR) is 83.9 cm³/mol. The number of ketones is 1. The molecule has 0 saturated carbocycles. The Morgan fingerprint density at radius 2 is 1.77 bits per heavy atom. The summed E-state index contributed by atoms with van der Waals surface area (Å²) in [5, 5.41) is 7.95. The highest BCUT2D eigenvalue weighted by atomic mass is 79.9. The van der Waals surface area contributed by atoms with E-state index >= 15 is 0 Å². The summed E-state index contributed by atoms with van der Waals surface area (Å²) in [5.41, 5.74) is 1.97. The first kappa shape index (κ1) is 14.6. The maximum Gasteiger partial charge on any atom is 0.184 e. The van der Waals surface area contributed by atoms with Crippen LogP contribution in [-0.4, -0.2) is 20.8 Å². The maximum atomic E-state index is 12.9. The van der Waals surface area contributed by atoms with Crippen LogP contribution in [0.4, 0.5) is 4.39 Å². The van der Waals surface area contributed by atoms with Gasteiger partial charge in [0.15, 0.2) is 5.78 Å². The Balaban J connectivity index is 1.75. The van der Waals surface area contributed by atoms with Crippen LogP contribution in [0.1, 0.15) is 10.4 Å². The molecule has 6 heteroatoms. The number of Topliss-reactive ketones (excluding diaryl/α,β-unsaturated/α-hetero) is 1. The number of hydrogen-bond acceptors (Lipinski definition) is 3. The largest absolute Gasteiger partial charge is 0.292 e. The fourth-order valence-electron chi connectivity index (χ4n) is 2.00. The average Bonchev–Trinajstić information content (AvgIpc) is 2.97. The molecule has 110 valence electrons. The second kappa shape index (κ2) is 6.19. The Labute approximate surface area is 134 Å². The predicted octanol–water partition coefficient (Wildman–Crippen LogP) is 3.73. The van der Waals surface area contributed by atoms with Crippen molar-refractivity contribution < 1.29 is 9.18 Å². The van der Waals surface area contributed by atoms with Gasteiger partial charge in [-0.3, -0.25) is 4.79 Å². The normalized spacial score (nSPS) is 10.6. The molecule has 4 nitrogen and oxygen atoms in total. The first-order chi connectivity index (χ1) is 10.6. The van der Waals surface area contributed by atoms with Crippen LogP contribution < -0.4 is 0 Å². The minimum absolute atomic E-state index is 0.0527. The molecule has 0 aliphatic carbocycles. The van der Waals surface area contributed by atoms with Crippen LogP contribution in [0.25, 0.3) is 11.3 Å². The first-order valence-corrected chi connectivity index (χ1v) is 7.36. The summed E-state index contributed by atoms with van der Waals surface area (Å²) in [6.45, 7) is 0.107. The smallest absolute Gasteiger partial charge is 0.184 e. The monoisotopic (exact) mass is 359 g/mol. The van der Waals surface area contributed by atoms with E-state index in [0.29, 0.717) is 11.3 Å². The van der Waals surface area contributed by atoms with Crippen LogP contribution in [0.2, 0.25) is 0 Å². The van der Waals surface area contributed by atoms with Crippen LogP contribution in [0.5, 0.6) is 0 Å². The van der Waals surface area contributed by atoms with E-state index in [1.807, 2.05) is 12.1 Å². The summed E-state index contributed by atoms with van der Waals surface area (Å²) in [6.07, 6.45) is 1.67. The Morgan fingerprint density at radius 3 is 2.45 bits per heavy atom. The molecule has 0 aliphatic rings. The fraction of sp³-hybridized carbons (Fsp3) is 0.0625. The minimum atomic E-state index is -0.304. The van der Waals surface area contributed by atoms with E-state index in [9.17, 15) is 9.18 Å². The Kier molecular flexibility index (Phi) is 4.11. The first-order valence-electron chi connectivity index (χ1n) is 6.57. The molecule has 0 N–H and O–H groups in total. The third-order valence-corrected chi connectivity index (χ3v) is 3.68. The highest BCUT2D eigenvalue weighted by molar-refractivity contribution is 9.10. The zero-order valence-corrected chi connectivity index (χ0v) is 13.0. The van der Waals surface area contributed by atoms with Gasteiger partial charge in [0.1, 0.15) is 18.1 Å². The zero-order valence-electron chi connectivity index (χ0n) is 11.4. The van der Waals surface area contributed by atoms with Gasteiger partial charge >= 0.3 is 0 Å². The van der Waals surface area contributed by atoms with E-state index in [4.69, 9.17) is 0 Å². The molecule has 0 aliphatic heterocycles. The summed E-state index contributed by atoms with van der Waals surface area (Å²) < 4.78 is 15.3. The van der Waals surface area contributed by atoms with E-state index in [1.165, 1.54) is 16.8 Å². The van der Waals surface area contributed by atoms with Crippen molar-refractivity contribution >= 4 is 21.7 Å². The lowest BCUT2D eigenvalue weighted by molar-refractivity contribution is 0.0967. The van der Waals surface area contributed by atoms with Crippen molar-refractivity contribution in [3.05, 3.63) is 70.6 Å². The van der Waals surface area contributed by atoms with Crippen molar-refractivity contribution in [2.45, 2.75) is 6.54 Å². The van der Waals surface area contributed by atoms with E-state index < -0.39 is 0 Å². The van der Waals surface area contributed by atoms with Gasteiger partial charge in [-0.1, -0.05) is 33.3 Å². The third kappa shape index (κ3) is 3.28. The lowest BCUT2D eigenvalue weighted by atomic mass is 10.1. The highest BCUT2D eigenvalue weighted by Crippen LogP contribution is 2.17. The van der Waals surface area contributed by atoms with Gasteiger partial charge in [0, 0.05) is 15.6 Å². The van der Waals surface area contributed by atoms with Crippen LogP contribution in [0.3, 0.4) is 0 Å². The van der Waals surface area contributed by atoms with Crippen LogP contribution in [-0.2, 0) is 6.54 Å². The Morgan fingerprint density at radius 1 is 1.09 bits per heavy atom. The molecule has 2 aromatic carbocycles. The van der Waals surface area contributed by atoms with Crippen molar-refractivity contribution in [1.82, 2.24) is 15.0 Å². The number of aromatic nitrogens is 3. The van der Waals surface area contributed by atoms with E-state index in [2.05, 4.69) is 26.2 Å². The van der Waals surface area contributed by atoms with Crippen LogP contribution in [0, 0.1) is 5.82 Å². The second-order valence-electron chi connectivity index (χ2n) is 4.74. The molecule has 0 fully saturated rings. The molecule has 0 bridgehead atoms. The molecule has 0 amide bonds. The molecule has 1 aromatic heterocycles. The van der Waals surface area contributed by atoms with Crippen LogP contribution >= 0.6 is 15.9 Å². The van der Waals surface area contributed by atoms with Crippen molar-refractivity contribution in [2.24, 2.45) is 0 Å². The molecule has 22 heavy (non-hydrogen) atoms. The van der Waals surface area contributed by atoms with Gasteiger partial charge in [-0.15, -0.1) is 5.10 Å². The summed E-state index contributed by atoms with van der Waals surface area (Å²) in [6, 6.07) is 13.1.